The van der Waals surface area contributed by atoms with Crippen LogP contribution in [0.3, 0.4) is 0 Å². The molecule has 1 amide bonds. The standard InChI is InChI=1S/C16H15FN4O2/c1-11(9-14-3-2-8-23-14)18-16(22)15-10-21(20-19-15)13-6-4-12(17)5-7-13/h2-8,10-11H,9H2,1H3,(H,18,22)/t11-/m0/s1. The average Bonchev–Trinajstić information content (AvgIpc) is 3.19. The lowest BCUT2D eigenvalue weighted by atomic mass is 10.2. The van der Waals surface area contributed by atoms with Crippen LogP contribution in [0.4, 0.5) is 4.39 Å². The van der Waals surface area contributed by atoms with Gasteiger partial charge in [-0.1, -0.05) is 5.21 Å². The quantitative estimate of drug-likeness (QED) is 0.784. The molecule has 0 radical (unpaired) electrons. The minimum Gasteiger partial charge on any atom is -0.469 e. The zero-order chi connectivity index (χ0) is 16.2. The van der Waals surface area contributed by atoms with Crippen molar-refractivity contribution >= 4 is 5.91 Å². The van der Waals surface area contributed by atoms with E-state index in [1.54, 1.807) is 24.5 Å². The number of amides is 1. The van der Waals surface area contributed by atoms with Gasteiger partial charge in [-0.2, -0.15) is 0 Å². The highest BCUT2D eigenvalue weighted by molar-refractivity contribution is 5.92. The van der Waals surface area contributed by atoms with Crippen LogP contribution < -0.4 is 5.32 Å². The van der Waals surface area contributed by atoms with E-state index in [4.69, 9.17) is 4.42 Å². The van der Waals surface area contributed by atoms with Crippen molar-refractivity contribution in [3.05, 3.63) is 66.1 Å². The summed E-state index contributed by atoms with van der Waals surface area (Å²) in [6.07, 6.45) is 3.69. The summed E-state index contributed by atoms with van der Waals surface area (Å²) in [5, 5.41) is 10.6. The minimum absolute atomic E-state index is 0.107. The number of aromatic nitrogens is 3. The Bertz CT molecular complexity index is 781. The Morgan fingerprint density at radius 2 is 2.13 bits per heavy atom. The van der Waals surface area contributed by atoms with E-state index >= 15 is 0 Å². The molecular formula is C16H15FN4O2. The molecule has 23 heavy (non-hydrogen) atoms. The molecule has 0 spiro atoms. The van der Waals surface area contributed by atoms with Crippen LogP contribution in [0.2, 0.25) is 0 Å². The number of benzene rings is 1. The summed E-state index contributed by atoms with van der Waals surface area (Å²) in [7, 11) is 0. The first-order valence-corrected chi connectivity index (χ1v) is 7.13. The van der Waals surface area contributed by atoms with Gasteiger partial charge in [-0.25, -0.2) is 9.07 Å². The lowest BCUT2D eigenvalue weighted by molar-refractivity contribution is 0.0934. The molecule has 1 atom stereocenters. The first-order chi connectivity index (χ1) is 11.1. The van der Waals surface area contributed by atoms with E-state index in [9.17, 15) is 9.18 Å². The first kappa shape index (κ1) is 15.0. The van der Waals surface area contributed by atoms with Gasteiger partial charge in [0.2, 0.25) is 0 Å². The molecule has 0 bridgehead atoms. The second-order valence-electron chi connectivity index (χ2n) is 5.18. The van der Waals surface area contributed by atoms with Gasteiger partial charge in [0.25, 0.3) is 5.91 Å². The maximum atomic E-state index is 12.9. The number of nitrogens with one attached hydrogen (secondary N) is 1. The van der Waals surface area contributed by atoms with Crippen LogP contribution in [-0.2, 0) is 6.42 Å². The van der Waals surface area contributed by atoms with Gasteiger partial charge in [-0.05, 0) is 43.3 Å². The maximum absolute atomic E-state index is 12.9. The smallest absolute Gasteiger partial charge is 0.273 e. The number of nitrogens with zero attached hydrogens (tertiary/aromatic N) is 3. The Kier molecular flexibility index (Phi) is 4.18. The summed E-state index contributed by atoms with van der Waals surface area (Å²) < 4.78 is 19.6. The normalized spacial score (nSPS) is 12.1. The Hall–Kier alpha value is -2.96. The van der Waals surface area contributed by atoms with Crippen molar-refractivity contribution in [1.29, 1.82) is 0 Å². The van der Waals surface area contributed by atoms with E-state index in [2.05, 4.69) is 15.6 Å². The summed E-state index contributed by atoms with van der Waals surface area (Å²) in [5.74, 6) is 0.142. The molecular weight excluding hydrogens is 299 g/mol. The summed E-state index contributed by atoms with van der Waals surface area (Å²) in [5.41, 5.74) is 0.821. The lowest BCUT2D eigenvalue weighted by Gasteiger charge is -2.10. The van der Waals surface area contributed by atoms with Gasteiger partial charge in [0.15, 0.2) is 5.69 Å². The fourth-order valence-corrected chi connectivity index (χ4v) is 2.17. The average molecular weight is 314 g/mol. The topological polar surface area (TPSA) is 73.0 Å². The molecule has 0 saturated heterocycles. The molecule has 3 rings (SSSR count). The lowest BCUT2D eigenvalue weighted by Crippen LogP contribution is -2.34. The molecule has 2 aromatic heterocycles. The second kappa shape index (κ2) is 6.43. The summed E-state index contributed by atoms with van der Waals surface area (Å²) >= 11 is 0. The molecule has 2 heterocycles. The molecule has 0 aliphatic heterocycles. The van der Waals surface area contributed by atoms with Gasteiger partial charge in [-0.15, -0.1) is 5.10 Å². The molecule has 0 unspecified atom stereocenters. The van der Waals surface area contributed by atoms with Crippen molar-refractivity contribution in [2.45, 2.75) is 19.4 Å². The highest BCUT2D eigenvalue weighted by atomic mass is 19.1. The summed E-state index contributed by atoms with van der Waals surface area (Å²) in [6.45, 7) is 1.88. The molecule has 6 nitrogen and oxygen atoms in total. The summed E-state index contributed by atoms with van der Waals surface area (Å²) in [6, 6.07) is 9.32. The number of rotatable bonds is 5. The number of hydrogen-bond acceptors (Lipinski definition) is 4. The van der Waals surface area contributed by atoms with Gasteiger partial charge >= 0.3 is 0 Å². The van der Waals surface area contributed by atoms with Gasteiger partial charge < -0.3 is 9.73 Å². The molecule has 1 N–H and O–H groups in total. The molecule has 1 aromatic carbocycles. The molecule has 7 heteroatoms. The summed E-state index contributed by atoms with van der Waals surface area (Å²) in [4.78, 5) is 12.2. The van der Waals surface area contributed by atoms with Crippen LogP contribution >= 0.6 is 0 Å². The largest absolute Gasteiger partial charge is 0.469 e. The molecule has 118 valence electrons. The van der Waals surface area contributed by atoms with Crippen LogP contribution in [0, 0.1) is 5.82 Å². The van der Waals surface area contributed by atoms with E-state index in [0.717, 1.165) is 5.76 Å². The third-order valence-electron chi connectivity index (χ3n) is 3.28. The molecule has 0 aliphatic rings. The zero-order valence-corrected chi connectivity index (χ0v) is 12.4. The van der Waals surface area contributed by atoms with E-state index < -0.39 is 0 Å². The van der Waals surface area contributed by atoms with Crippen LogP contribution in [0.15, 0.2) is 53.3 Å². The van der Waals surface area contributed by atoms with Crippen LogP contribution in [0.25, 0.3) is 5.69 Å². The van der Waals surface area contributed by atoms with Crippen LogP contribution in [0.1, 0.15) is 23.2 Å². The van der Waals surface area contributed by atoms with Crippen LogP contribution in [-0.4, -0.2) is 26.9 Å². The number of hydrogen-bond donors (Lipinski definition) is 1. The SMILES string of the molecule is C[C@@H](Cc1ccco1)NC(=O)c1cn(-c2ccc(F)cc2)nn1. The van der Waals surface area contributed by atoms with Crippen molar-refractivity contribution < 1.29 is 13.6 Å². The predicted octanol–water partition coefficient (Wildman–Crippen LogP) is 2.36. The highest BCUT2D eigenvalue weighted by Crippen LogP contribution is 2.09. The minimum atomic E-state index is -0.335. The fraction of sp³-hybridized carbons (Fsp3) is 0.188. The van der Waals surface area contributed by atoms with Crippen molar-refractivity contribution in [3.63, 3.8) is 0 Å². The van der Waals surface area contributed by atoms with Gasteiger partial charge in [0.1, 0.15) is 11.6 Å². The zero-order valence-electron chi connectivity index (χ0n) is 12.4. The van der Waals surface area contributed by atoms with E-state index in [1.165, 1.54) is 23.0 Å². The molecule has 0 aliphatic carbocycles. The number of carbonyl (C=O) groups excluding carboxylic acids is 1. The van der Waals surface area contributed by atoms with E-state index in [-0.39, 0.29) is 23.5 Å². The first-order valence-electron chi connectivity index (χ1n) is 7.13. The van der Waals surface area contributed by atoms with E-state index in [1.807, 2.05) is 13.0 Å². The molecule has 0 fully saturated rings. The Morgan fingerprint density at radius 3 is 2.83 bits per heavy atom. The number of furan rings is 1. The molecule has 0 saturated carbocycles. The number of halogens is 1. The Balaban J connectivity index is 1.65. The highest BCUT2D eigenvalue weighted by Gasteiger charge is 2.15. The van der Waals surface area contributed by atoms with Crippen LogP contribution in [0.5, 0.6) is 0 Å². The van der Waals surface area contributed by atoms with Crippen molar-refractivity contribution in [2.75, 3.05) is 0 Å². The third-order valence-corrected chi connectivity index (χ3v) is 3.28. The van der Waals surface area contributed by atoms with Gasteiger partial charge in [0.05, 0.1) is 18.1 Å². The predicted molar refractivity (Wildman–Crippen MR) is 80.7 cm³/mol. The second-order valence-corrected chi connectivity index (χ2v) is 5.18. The number of carbonyl (C=O) groups is 1. The Labute approximate surface area is 131 Å². The van der Waals surface area contributed by atoms with Crippen molar-refractivity contribution in [1.82, 2.24) is 20.3 Å². The Morgan fingerprint density at radius 1 is 1.35 bits per heavy atom. The fourth-order valence-electron chi connectivity index (χ4n) is 2.17. The van der Waals surface area contributed by atoms with Crippen molar-refractivity contribution in [2.24, 2.45) is 0 Å². The van der Waals surface area contributed by atoms with Gasteiger partial charge in [-0.3, -0.25) is 4.79 Å². The maximum Gasteiger partial charge on any atom is 0.273 e. The van der Waals surface area contributed by atoms with E-state index in [0.29, 0.717) is 12.1 Å². The van der Waals surface area contributed by atoms with Gasteiger partial charge in [0, 0.05) is 12.5 Å². The molecule has 3 aromatic rings. The third kappa shape index (κ3) is 3.63. The van der Waals surface area contributed by atoms with Crippen molar-refractivity contribution in [3.8, 4) is 5.69 Å². The monoisotopic (exact) mass is 314 g/mol.